The lowest BCUT2D eigenvalue weighted by Gasteiger charge is -2.36. The van der Waals surface area contributed by atoms with E-state index < -0.39 is 5.54 Å². The molecule has 1 heterocycles. The molecule has 1 aliphatic rings. The number of carbonyl (C=O) groups excluding carboxylic acids is 3. The van der Waals surface area contributed by atoms with Gasteiger partial charge in [-0.05, 0) is 31.1 Å². The third-order valence-corrected chi connectivity index (χ3v) is 3.79. The predicted molar refractivity (Wildman–Crippen MR) is 96.7 cm³/mol. The second-order valence-electron chi connectivity index (χ2n) is 6.06. The number of hydrogen-bond acceptors (Lipinski definition) is 4. The van der Waals surface area contributed by atoms with Crippen LogP contribution in [0.1, 0.15) is 58.1 Å². The highest BCUT2D eigenvalue weighted by atomic mass is 16.3. The van der Waals surface area contributed by atoms with Gasteiger partial charge in [0.25, 0.3) is 0 Å². The lowest BCUT2D eigenvalue weighted by molar-refractivity contribution is -0.133. The van der Waals surface area contributed by atoms with Crippen LogP contribution in [0.2, 0.25) is 0 Å². The van der Waals surface area contributed by atoms with Crippen LogP contribution in [0.5, 0.6) is 0 Å². The molecule has 0 spiro atoms. The Labute approximate surface area is 149 Å². The van der Waals surface area contributed by atoms with Gasteiger partial charge in [0, 0.05) is 6.08 Å². The van der Waals surface area contributed by atoms with Crippen molar-refractivity contribution in [2.75, 3.05) is 6.54 Å². The molecule has 0 radical (unpaired) electrons. The van der Waals surface area contributed by atoms with Crippen molar-refractivity contribution in [2.45, 2.75) is 57.9 Å². The number of hydrogen-bond donors (Lipinski definition) is 2. The van der Waals surface area contributed by atoms with Gasteiger partial charge in [0.15, 0.2) is 0 Å². The third-order valence-electron chi connectivity index (χ3n) is 3.79. The van der Waals surface area contributed by atoms with Crippen LogP contribution in [-0.4, -0.2) is 30.2 Å². The Kier molecular flexibility index (Phi) is 9.29. The maximum absolute atomic E-state index is 12.3. The molecule has 2 rings (SSSR count). The highest BCUT2D eigenvalue weighted by Gasteiger charge is 2.40. The monoisotopic (exact) mass is 348 g/mol. The summed E-state index contributed by atoms with van der Waals surface area (Å²) in [5, 5.41) is 5.36. The van der Waals surface area contributed by atoms with E-state index in [4.69, 9.17) is 4.42 Å². The summed E-state index contributed by atoms with van der Waals surface area (Å²) in [6.07, 6.45) is 10.3. The number of carbonyl (C=O) groups is 3. The van der Waals surface area contributed by atoms with E-state index in [1.807, 2.05) is 0 Å². The van der Waals surface area contributed by atoms with Crippen molar-refractivity contribution in [2.24, 2.45) is 0 Å². The Balaban J connectivity index is 0.000000970. The maximum Gasteiger partial charge on any atom is 0.246 e. The molecule has 1 aromatic rings. The van der Waals surface area contributed by atoms with Crippen molar-refractivity contribution in [1.29, 1.82) is 0 Å². The van der Waals surface area contributed by atoms with Gasteiger partial charge in [0.05, 0.1) is 12.8 Å². The summed E-state index contributed by atoms with van der Waals surface area (Å²) in [5.41, 5.74) is -0.925. The summed E-state index contributed by atoms with van der Waals surface area (Å²) in [4.78, 5) is 34.8. The molecular weight excluding hydrogens is 320 g/mol. The van der Waals surface area contributed by atoms with Gasteiger partial charge in [-0.2, -0.15) is 0 Å². The van der Waals surface area contributed by atoms with Crippen molar-refractivity contribution in [3.8, 4) is 0 Å². The lowest BCUT2D eigenvalue weighted by atomic mass is 9.80. The third kappa shape index (κ3) is 6.95. The quantitative estimate of drug-likeness (QED) is 0.611. The minimum absolute atomic E-state index is 0.0430. The summed E-state index contributed by atoms with van der Waals surface area (Å²) in [7, 11) is 0. The van der Waals surface area contributed by atoms with E-state index in [-0.39, 0.29) is 18.4 Å². The largest absolute Gasteiger partial charge is 0.465 e. The number of furan rings is 1. The average Bonchev–Trinajstić information content (AvgIpc) is 3.13. The molecular formula is C19H28N2O4. The summed E-state index contributed by atoms with van der Waals surface area (Å²) >= 11 is 0. The SMILES string of the molecule is CCC.O=CCNC(=O)C1(NC(=O)/C=C/c2ccco2)CCCCC1. The fourth-order valence-corrected chi connectivity index (χ4v) is 2.69. The van der Waals surface area contributed by atoms with Crippen molar-refractivity contribution < 1.29 is 18.8 Å². The van der Waals surface area contributed by atoms with Crippen molar-refractivity contribution >= 4 is 24.2 Å². The fourth-order valence-electron chi connectivity index (χ4n) is 2.69. The molecule has 1 saturated carbocycles. The molecule has 25 heavy (non-hydrogen) atoms. The van der Waals surface area contributed by atoms with Gasteiger partial charge in [0.2, 0.25) is 11.8 Å². The molecule has 0 atom stereocenters. The second kappa shape index (κ2) is 11.2. The van der Waals surface area contributed by atoms with Crippen LogP contribution in [0.15, 0.2) is 28.9 Å². The first kappa shape index (κ1) is 20.7. The summed E-state index contributed by atoms with van der Waals surface area (Å²) in [5.74, 6) is -0.0724. The molecule has 0 aliphatic heterocycles. The van der Waals surface area contributed by atoms with E-state index in [2.05, 4.69) is 24.5 Å². The van der Waals surface area contributed by atoms with Gasteiger partial charge in [0.1, 0.15) is 17.6 Å². The minimum atomic E-state index is -0.925. The molecule has 6 nitrogen and oxygen atoms in total. The molecule has 1 fully saturated rings. The van der Waals surface area contributed by atoms with E-state index in [0.717, 1.165) is 19.3 Å². The van der Waals surface area contributed by atoms with Gasteiger partial charge in [-0.3, -0.25) is 9.59 Å². The first-order valence-corrected chi connectivity index (χ1v) is 8.83. The Morgan fingerprint density at radius 1 is 1.24 bits per heavy atom. The molecule has 2 amide bonds. The molecule has 0 unspecified atom stereocenters. The van der Waals surface area contributed by atoms with Crippen LogP contribution in [-0.2, 0) is 14.4 Å². The maximum atomic E-state index is 12.3. The molecule has 0 aromatic carbocycles. The van der Waals surface area contributed by atoms with Crippen LogP contribution < -0.4 is 10.6 Å². The van der Waals surface area contributed by atoms with Crippen molar-refractivity contribution in [3.05, 3.63) is 30.2 Å². The lowest BCUT2D eigenvalue weighted by Crippen LogP contribution is -2.59. The van der Waals surface area contributed by atoms with Gasteiger partial charge in [-0.1, -0.05) is 39.5 Å². The highest BCUT2D eigenvalue weighted by Crippen LogP contribution is 2.28. The summed E-state index contributed by atoms with van der Waals surface area (Å²) in [6, 6.07) is 3.46. The zero-order chi connectivity index (χ0) is 18.5. The average molecular weight is 348 g/mol. The highest BCUT2D eigenvalue weighted by molar-refractivity contribution is 5.97. The van der Waals surface area contributed by atoms with Gasteiger partial charge in [-0.15, -0.1) is 0 Å². The Hall–Kier alpha value is -2.37. The number of nitrogens with one attached hydrogen (secondary N) is 2. The Morgan fingerprint density at radius 3 is 2.48 bits per heavy atom. The Bertz CT molecular complexity index is 558. The zero-order valence-corrected chi connectivity index (χ0v) is 15.0. The molecule has 0 bridgehead atoms. The first-order chi connectivity index (χ1) is 12.1. The standard InChI is InChI=1S/C16H20N2O4.C3H8/c19-11-10-17-15(21)16(8-2-1-3-9-16)18-14(20)7-6-13-5-4-12-22-13;1-3-2/h4-7,11-12H,1-3,8-10H2,(H,17,21)(H,18,20);3H2,1-2H3/b7-6+;. The Morgan fingerprint density at radius 2 is 1.92 bits per heavy atom. The topological polar surface area (TPSA) is 88.4 Å². The minimum Gasteiger partial charge on any atom is -0.465 e. The summed E-state index contributed by atoms with van der Waals surface area (Å²) < 4.78 is 5.11. The number of rotatable bonds is 6. The van der Waals surface area contributed by atoms with E-state index >= 15 is 0 Å². The molecule has 1 aliphatic carbocycles. The van der Waals surface area contributed by atoms with Crippen LogP contribution in [0, 0.1) is 0 Å². The van der Waals surface area contributed by atoms with E-state index in [0.29, 0.717) is 24.9 Å². The van der Waals surface area contributed by atoms with Crippen LogP contribution in [0.4, 0.5) is 0 Å². The van der Waals surface area contributed by atoms with E-state index in [9.17, 15) is 14.4 Å². The number of amides is 2. The molecule has 0 saturated heterocycles. The first-order valence-electron chi connectivity index (χ1n) is 8.83. The van der Waals surface area contributed by atoms with Gasteiger partial charge < -0.3 is 19.8 Å². The summed E-state index contributed by atoms with van der Waals surface area (Å²) in [6.45, 7) is 4.21. The van der Waals surface area contributed by atoms with Crippen LogP contribution in [0.25, 0.3) is 6.08 Å². The molecule has 2 N–H and O–H groups in total. The van der Waals surface area contributed by atoms with Crippen molar-refractivity contribution in [1.82, 2.24) is 10.6 Å². The smallest absolute Gasteiger partial charge is 0.246 e. The zero-order valence-electron chi connectivity index (χ0n) is 15.0. The van der Waals surface area contributed by atoms with Crippen molar-refractivity contribution in [3.63, 3.8) is 0 Å². The van der Waals surface area contributed by atoms with Crippen LogP contribution in [0.3, 0.4) is 0 Å². The molecule has 1 aromatic heterocycles. The van der Waals surface area contributed by atoms with E-state index in [1.54, 1.807) is 18.2 Å². The predicted octanol–water partition coefficient (Wildman–Crippen LogP) is 2.84. The van der Waals surface area contributed by atoms with Gasteiger partial charge >= 0.3 is 0 Å². The number of aldehydes is 1. The molecule has 6 heteroatoms. The van der Waals surface area contributed by atoms with Gasteiger partial charge in [-0.25, -0.2) is 0 Å². The van der Waals surface area contributed by atoms with Crippen LogP contribution >= 0.6 is 0 Å². The van der Waals surface area contributed by atoms with E-state index in [1.165, 1.54) is 18.8 Å². The second-order valence-corrected chi connectivity index (χ2v) is 6.06. The molecule has 138 valence electrons. The normalized spacial score (nSPS) is 15.8. The fraction of sp³-hybridized carbons (Fsp3) is 0.526.